The fourth-order valence-electron chi connectivity index (χ4n) is 2.59. The highest BCUT2D eigenvalue weighted by Gasteiger charge is 2.17. The van der Waals surface area contributed by atoms with Crippen molar-refractivity contribution in [3.63, 3.8) is 0 Å². The largest absolute Gasteiger partial charge is 0.491 e. The molecule has 1 saturated carbocycles. The Morgan fingerprint density at radius 1 is 1.39 bits per heavy atom. The summed E-state index contributed by atoms with van der Waals surface area (Å²) in [6.07, 6.45) is 7.17. The van der Waals surface area contributed by atoms with Crippen molar-refractivity contribution in [3.05, 3.63) is 24.0 Å². The van der Waals surface area contributed by atoms with Gasteiger partial charge in [-0.2, -0.15) is 0 Å². The number of aryl methyl sites for hydroxylation is 1. The summed E-state index contributed by atoms with van der Waals surface area (Å²) >= 11 is 0. The molecule has 1 N–H and O–H groups in total. The van der Waals surface area contributed by atoms with E-state index in [1.54, 1.807) is 6.20 Å². The standard InChI is InChI=1S/C15H24N2O/c1-12-4-3-5-14(10-12)16-8-9-18-15-7-6-13(2)17-11-15/h6-7,11-12,14,16H,3-5,8-10H2,1-2H3. The van der Waals surface area contributed by atoms with Crippen molar-refractivity contribution in [1.29, 1.82) is 0 Å². The number of pyridine rings is 1. The minimum atomic E-state index is 0.688. The molecule has 0 bridgehead atoms. The second-order valence-electron chi connectivity index (χ2n) is 5.41. The van der Waals surface area contributed by atoms with Crippen LogP contribution in [-0.4, -0.2) is 24.2 Å². The third-order valence-corrected chi connectivity index (χ3v) is 3.62. The van der Waals surface area contributed by atoms with Crippen molar-refractivity contribution in [3.8, 4) is 5.75 Å². The molecule has 0 aliphatic heterocycles. The predicted octanol–water partition coefficient (Wildman–Crippen LogP) is 2.94. The highest BCUT2D eigenvalue weighted by Crippen LogP contribution is 2.23. The molecular formula is C15H24N2O. The van der Waals surface area contributed by atoms with Crippen molar-refractivity contribution in [2.75, 3.05) is 13.2 Å². The molecule has 2 rings (SSSR count). The van der Waals surface area contributed by atoms with Crippen LogP contribution in [0.15, 0.2) is 18.3 Å². The van der Waals surface area contributed by atoms with Crippen LogP contribution in [0.4, 0.5) is 0 Å². The maximum atomic E-state index is 5.65. The zero-order valence-corrected chi connectivity index (χ0v) is 11.5. The molecule has 0 aromatic carbocycles. The SMILES string of the molecule is Cc1ccc(OCCNC2CCCC(C)C2)cn1. The summed E-state index contributed by atoms with van der Waals surface area (Å²) in [5.41, 5.74) is 1.02. The highest BCUT2D eigenvalue weighted by atomic mass is 16.5. The first-order valence-electron chi connectivity index (χ1n) is 7.03. The molecule has 3 heteroatoms. The van der Waals surface area contributed by atoms with E-state index in [-0.39, 0.29) is 0 Å². The second kappa shape index (κ2) is 6.74. The zero-order chi connectivity index (χ0) is 12.8. The van der Waals surface area contributed by atoms with Crippen LogP contribution >= 0.6 is 0 Å². The summed E-state index contributed by atoms with van der Waals surface area (Å²) < 4.78 is 5.65. The Hall–Kier alpha value is -1.09. The Balaban J connectivity index is 1.62. The molecule has 1 aliphatic carbocycles. The van der Waals surface area contributed by atoms with Crippen LogP contribution in [0.1, 0.15) is 38.3 Å². The third-order valence-electron chi connectivity index (χ3n) is 3.62. The van der Waals surface area contributed by atoms with Gasteiger partial charge in [0.2, 0.25) is 0 Å². The van der Waals surface area contributed by atoms with Crippen LogP contribution in [0.5, 0.6) is 5.75 Å². The molecular weight excluding hydrogens is 224 g/mol. The summed E-state index contributed by atoms with van der Waals surface area (Å²) in [6, 6.07) is 4.64. The van der Waals surface area contributed by atoms with Crippen molar-refractivity contribution in [1.82, 2.24) is 10.3 Å². The van der Waals surface area contributed by atoms with Crippen LogP contribution < -0.4 is 10.1 Å². The lowest BCUT2D eigenvalue weighted by Gasteiger charge is -2.27. The summed E-state index contributed by atoms with van der Waals surface area (Å²) in [5.74, 6) is 1.73. The average molecular weight is 248 g/mol. The van der Waals surface area contributed by atoms with Crippen LogP contribution in [0.25, 0.3) is 0 Å². The van der Waals surface area contributed by atoms with E-state index in [9.17, 15) is 0 Å². The number of rotatable bonds is 5. The Morgan fingerprint density at radius 3 is 3.00 bits per heavy atom. The fourth-order valence-corrected chi connectivity index (χ4v) is 2.59. The van der Waals surface area contributed by atoms with Crippen molar-refractivity contribution >= 4 is 0 Å². The molecule has 0 spiro atoms. The molecule has 1 fully saturated rings. The monoisotopic (exact) mass is 248 g/mol. The minimum Gasteiger partial charge on any atom is -0.491 e. The lowest BCUT2D eigenvalue weighted by atomic mass is 9.87. The molecule has 2 atom stereocenters. The van der Waals surface area contributed by atoms with E-state index in [1.165, 1.54) is 25.7 Å². The number of hydrogen-bond donors (Lipinski definition) is 1. The van der Waals surface area contributed by atoms with Crippen LogP contribution in [-0.2, 0) is 0 Å². The molecule has 1 aromatic heterocycles. The van der Waals surface area contributed by atoms with E-state index in [2.05, 4.69) is 17.2 Å². The van der Waals surface area contributed by atoms with Gasteiger partial charge in [0.25, 0.3) is 0 Å². The van der Waals surface area contributed by atoms with Gasteiger partial charge in [0.05, 0.1) is 6.20 Å². The average Bonchev–Trinajstić information content (AvgIpc) is 2.37. The Labute approximate surface area is 110 Å². The van der Waals surface area contributed by atoms with E-state index in [0.29, 0.717) is 6.04 Å². The topological polar surface area (TPSA) is 34.1 Å². The van der Waals surface area contributed by atoms with Gasteiger partial charge in [0.15, 0.2) is 0 Å². The summed E-state index contributed by atoms with van der Waals surface area (Å²) in [6.45, 7) is 5.97. The summed E-state index contributed by atoms with van der Waals surface area (Å²) in [5, 5.41) is 3.59. The number of nitrogens with one attached hydrogen (secondary N) is 1. The normalized spacial score (nSPS) is 23.9. The number of aromatic nitrogens is 1. The smallest absolute Gasteiger partial charge is 0.137 e. The van der Waals surface area contributed by atoms with Gasteiger partial charge < -0.3 is 10.1 Å². The van der Waals surface area contributed by atoms with Crippen LogP contribution in [0.2, 0.25) is 0 Å². The minimum absolute atomic E-state index is 0.688. The highest BCUT2D eigenvalue weighted by molar-refractivity contribution is 5.18. The van der Waals surface area contributed by atoms with Crippen molar-refractivity contribution in [2.24, 2.45) is 5.92 Å². The third kappa shape index (κ3) is 4.30. The quantitative estimate of drug-likeness (QED) is 0.814. The lowest BCUT2D eigenvalue weighted by Crippen LogP contribution is -2.36. The van der Waals surface area contributed by atoms with E-state index in [0.717, 1.165) is 30.5 Å². The summed E-state index contributed by atoms with van der Waals surface area (Å²) in [4.78, 5) is 4.21. The Bertz CT molecular complexity index is 350. The van der Waals surface area contributed by atoms with Crippen molar-refractivity contribution in [2.45, 2.75) is 45.6 Å². The van der Waals surface area contributed by atoms with E-state index in [1.807, 2.05) is 19.1 Å². The zero-order valence-electron chi connectivity index (χ0n) is 11.5. The second-order valence-corrected chi connectivity index (χ2v) is 5.41. The van der Waals surface area contributed by atoms with Gasteiger partial charge in [0, 0.05) is 18.3 Å². The van der Waals surface area contributed by atoms with Gasteiger partial charge in [-0.05, 0) is 37.8 Å². The predicted molar refractivity (Wildman–Crippen MR) is 73.9 cm³/mol. The molecule has 1 aliphatic rings. The first kappa shape index (κ1) is 13.3. The first-order valence-corrected chi connectivity index (χ1v) is 7.03. The number of ether oxygens (including phenoxy) is 1. The molecule has 100 valence electrons. The first-order chi connectivity index (χ1) is 8.74. The maximum absolute atomic E-state index is 5.65. The molecule has 1 heterocycles. The van der Waals surface area contributed by atoms with Crippen LogP contribution in [0.3, 0.4) is 0 Å². The maximum Gasteiger partial charge on any atom is 0.137 e. The van der Waals surface area contributed by atoms with Gasteiger partial charge in [-0.3, -0.25) is 4.98 Å². The van der Waals surface area contributed by atoms with Gasteiger partial charge in [-0.1, -0.05) is 19.8 Å². The lowest BCUT2D eigenvalue weighted by molar-refractivity contribution is 0.266. The molecule has 1 aromatic rings. The Morgan fingerprint density at radius 2 is 2.28 bits per heavy atom. The van der Waals surface area contributed by atoms with E-state index >= 15 is 0 Å². The number of nitrogens with zero attached hydrogens (tertiary/aromatic N) is 1. The molecule has 3 nitrogen and oxygen atoms in total. The molecule has 18 heavy (non-hydrogen) atoms. The fraction of sp³-hybridized carbons (Fsp3) is 0.667. The van der Waals surface area contributed by atoms with Gasteiger partial charge in [-0.15, -0.1) is 0 Å². The van der Waals surface area contributed by atoms with Gasteiger partial charge in [0.1, 0.15) is 12.4 Å². The molecule has 2 unspecified atom stereocenters. The molecule has 0 amide bonds. The van der Waals surface area contributed by atoms with E-state index in [4.69, 9.17) is 4.74 Å². The summed E-state index contributed by atoms with van der Waals surface area (Å²) in [7, 11) is 0. The van der Waals surface area contributed by atoms with Gasteiger partial charge in [-0.25, -0.2) is 0 Å². The van der Waals surface area contributed by atoms with E-state index < -0.39 is 0 Å². The molecule has 0 radical (unpaired) electrons. The Kier molecular flexibility index (Phi) is 5.00. The molecule has 0 saturated heterocycles. The van der Waals surface area contributed by atoms with Crippen molar-refractivity contribution < 1.29 is 4.74 Å². The van der Waals surface area contributed by atoms with Crippen LogP contribution in [0, 0.1) is 12.8 Å². The van der Waals surface area contributed by atoms with Gasteiger partial charge >= 0.3 is 0 Å². The number of hydrogen-bond acceptors (Lipinski definition) is 3.